The van der Waals surface area contributed by atoms with Crippen molar-refractivity contribution in [2.45, 2.75) is 32.9 Å². The van der Waals surface area contributed by atoms with Gasteiger partial charge in [-0.05, 0) is 46.3 Å². The van der Waals surface area contributed by atoms with Crippen molar-refractivity contribution in [3.05, 3.63) is 52.5 Å². The summed E-state index contributed by atoms with van der Waals surface area (Å²) < 4.78 is 7.37. The predicted octanol–water partition coefficient (Wildman–Crippen LogP) is 3.70. The Morgan fingerprint density at radius 1 is 1.10 bits per heavy atom. The molecule has 0 radical (unpaired) electrons. The molecule has 1 unspecified atom stereocenters. The fourth-order valence-corrected chi connectivity index (χ4v) is 4.76. The van der Waals surface area contributed by atoms with Gasteiger partial charge in [-0.3, -0.25) is 4.90 Å². The largest absolute Gasteiger partial charge is 0.497 e. The highest BCUT2D eigenvalue weighted by Crippen LogP contribution is 2.29. The second-order valence-electron chi connectivity index (χ2n) is 8.14. The van der Waals surface area contributed by atoms with Gasteiger partial charge in [-0.15, -0.1) is 16.4 Å². The number of methoxy groups -OCH3 is 1. The fraction of sp³-hybridized carbons (Fsp3) is 0.500. The number of anilines is 1. The topological polar surface area (TPSA) is 59.3 Å². The first-order valence-corrected chi connectivity index (χ1v) is 11.4. The van der Waals surface area contributed by atoms with Crippen LogP contribution in [-0.2, 0) is 6.54 Å². The normalized spacial score (nSPS) is 16.2. The van der Waals surface area contributed by atoms with Gasteiger partial charge < -0.3 is 9.64 Å². The minimum atomic E-state index is 0.229. The summed E-state index contributed by atoms with van der Waals surface area (Å²) in [5, 5.41) is 14.9. The number of benzene rings is 1. The molecular weight excluding hydrogens is 396 g/mol. The van der Waals surface area contributed by atoms with Gasteiger partial charge in [-0.25, -0.2) is 4.68 Å². The Labute approximate surface area is 182 Å². The maximum Gasteiger partial charge on any atom is 0.168 e. The van der Waals surface area contributed by atoms with E-state index in [9.17, 15) is 0 Å². The van der Waals surface area contributed by atoms with Crippen LogP contribution < -0.4 is 9.64 Å². The van der Waals surface area contributed by atoms with Gasteiger partial charge in [0.15, 0.2) is 5.82 Å². The van der Waals surface area contributed by atoms with Gasteiger partial charge in [0.25, 0.3) is 0 Å². The molecule has 0 saturated carbocycles. The summed E-state index contributed by atoms with van der Waals surface area (Å²) in [7, 11) is 1.72. The molecule has 1 aliphatic rings. The summed E-state index contributed by atoms with van der Waals surface area (Å²) in [5.41, 5.74) is 1.22. The molecule has 30 heavy (non-hydrogen) atoms. The van der Waals surface area contributed by atoms with Crippen LogP contribution in [0.1, 0.15) is 37.0 Å². The summed E-state index contributed by atoms with van der Waals surface area (Å²) in [4.78, 5) is 6.25. The van der Waals surface area contributed by atoms with Crippen molar-refractivity contribution >= 4 is 17.0 Å². The van der Waals surface area contributed by atoms with Crippen molar-refractivity contribution < 1.29 is 4.74 Å². The molecule has 4 rings (SSSR count). The van der Waals surface area contributed by atoms with E-state index in [1.165, 1.54) is 10.6 Å². The number of hydrogen-bond acceptors (Lipinski definition) is 7. The van der Waals surface area contributed by atoms with Gasteiger partial charge >= 0.3 is 0 Å². The highest BCUT2D eigenvalue weighted by molar-refractivity contribution is 7.09. The minimum Gasteiger partial charge on any atom is -0.497 e. The Morgan fingerprint density at radius 2 is 1.93 bits per heavy atom. The van der Waals surface area contributed by atoms with Gasteiger partial charge in [-0.2, -0.15) is 0 Å². The maximum absolute atomic E-state index is 5.39. The number of piperazine rings is 1. The quantitative estimate of drug-likeness (QED) is 0.547. The average Bonchev–Trinajstić information content (AvgIpc) is 3.45. The summed E-state index contributed by atoms with van der Waals surface area (Å²) in [6.07, 6.45) is 1.05. The van der Waals surface area contributed by atoms with E-state index >= 15 is 0 Å². The number of thiophene rings is 1. The third-order valence-electron chi connectivity index (χ3n) is 5.61. The van der Waals surface area contributed by atoms with Crippen molar-refractivity contribution in [3.63, 3.8) is 0 Å². The average molecular weight is 427 g/mol. The third kappa shape index (κ3) is 4.82. The van der Waals surface area contributed by atoms with Crippen LogP contribution in [0.5, 0.6) is 5.75 Å². The molecular formula is C22H30N6OS. The molecule has 0 spiro atoms. The van der Waals surface area contributed by atoms with E-state index in [1.807, 2.05) is 10.7 Å². The van der Waals surface area contributed by atoms with E-state index < -0.39 is 0 Å². The van der Waals surface area contributed by atoms with E-state index in [1.54, 1.807) is 18.4 Å². The molecule has 160 valence electrons. The number of nitrogens with zero attached hydrogens (tertiary/aromatic N) is 6. The Kier molecular flexibility index (Phi) is 6.64. The third-order valence-corrected chi connectivity index (χ3v) is 6.47. The van der Waals surface area contributed by atoms with Crippen LogP contribution in [0.4, 0.5) is 5.69 Å². The first-order chi connectivity index (χ1) is 14.6. The van der Waals surface area contributed by atoms with Crippen LogP contribution in [0, 0.1) is 5.92 Å². The van der Waals surface area contributed by atoms with E-state index in [0.29, 0.717) is 5.92 Å². The van der Waals surface area contributed by atoms with Crippen LogP contribution in [0.15, 0.2) is 41.8 Å². The zero-order valence-electron chi connectivity index (χ0n) is 17.9. The van der Waals surface area contributed by atoms with Gasteiger partial charge in [0.2, 0.25) is 0 Å². The standard InChI is InChI=1S/C22H30N6OS/c1-17(2)14-21(22-23-24-25-28(22)16-20-8-5-13-30-20)27-11-9-26(10-12-27)18-6-4-7-19(15-18)29-3/h4-8,13,15,17,21H,9-12,14,16H2,1-3H3. The van der Waals surface area contributed by atoms with Crippen LogP contribution in [-0.4, -0.2) is 58.4 Å². The molecule has 1 fully saturated rings. The Bertz CT molecular complexity index is 917. The van der Waals surface area contributed by atoms with Crippen molar-refractivity contribution in [3.8, 4) is 5.75 Å². The highest BCUT2D eigenvalue weighted by atomic mass is 32.1. The first kappa shape index (κ1) is 20.8. The number of aromatic nitrogens is 4. The second kappa shape index (κ2) is 9.57. The Hall–Kier alpha value is -2.45. The lowest BCUT2D eigenvalue weighted by atomic mass is 10.0. The SMILES string of the molecule is COc1cccc(N2CCN(C(CC(C)C)c3nnnn3Cc3cccs3)CC2)c1. The summed E-state index contributed by atoms with van der Waals surface area (Å²) in [6.45, 7) is 9.21. The molecule has 3 aromatic rings. The van der Waals surface area contributed by atoms with Gasteiger partial charge in [0.1, 0.15) is 5.75 Å². The predicted molar refractivity (Wildman–Crippen MR) is 120 cm³/mol. The van der Waals surface area contributed by atoms with Crippen LogP contribution in [0.3, 0.4) is 0 Å². The van der Waals surface area contributed by atoms with Crippen molar-refractivity contribution in [2.75, 3.05) is 38.2 Å². The Morgan fingerprint density at radius 3 is 2.63 bits per heavy atom. The minimum absolute atomic E-state index is 0.229. The Balaban J connectivity index is 1.48. The van der Waals surface area contributed by atoms with Crippen molar-refractivity contribution in [1.29, 1.82) is 0 Å². The molecule has 2 aromatic heterocycles. The van der Waals surface area contributed by atoms with E-state index in [2.05, 4.69) is 74.9 Å². The van der Waals surface area contributed by atoms with Crippen LogP contribution >= 0.6 is 11.3 Å². The lowest BCUT2D eigenvalue weighted by Gasteiger charge is -2.40. The first-order valence-electron chi connectivity index (χ1n) is 10.6. The molecule has 8 heteroatoms. The molecule has 1 aliphatic heterocycles. The summed E-state index contributed by atoms with van der Waals surface area (Å²) in [6, 6.07) is 12.8. The van der Waals surface area contributed by atoms with Crippen LogP contribution in [0.25, 0.3) is 0 Å². The molecule has 1 atom stereocenters. The fourth-order valence-electron chi connectivity index (χ4n) is 4.08. The molecule has 0 bridgehead atoms. The number of rotatable bonds is 8. The molecule has 0 amide bonds. The zero-order valence-corrected chi connectivity index (χ0v) is 18.8. The monoisotopic (exact) mass is 426 g/mol. The maximum atomic E-state index is 5.39. The number of ether oxygens (including phenoxy) is 1. The second-order valence-corrected chi connectivity index (χ2v) is 9.18. The van der Waals surface area contributed by atoms with E-state index in [-0.39, 0.29) is 6.04 Å². The number of tetrazole rings is 1. The zero-order chi connectivity index (χ0) is 20.9. The lowest BCUT2D eigenvalue weighted by Crippen LogP contribution is -2.48. The smallest absolute Gasteiger partial charge is 0.168 e. The molecule has 1 saturated heterocycles. The molecule has 3 heterocycles. The van der Waals surface area contributed by atoms with Gasteiger partial charge in [0, 0.05) is 42.8 Å². The van der Waals surface area contributed by atoms with Crippen molar-refractivity contribution in [1.82, 2.24) is 25.1 Å². The summed E-state index contributed by atoms with van der Waals surface area (Å²) in [5.74, 6) is 2.45. The van der Waals surface area contributed by atoms with Crippen LogP contribution in [0.2, 0.25) is 0 Å². The van der Waals surface area contributed by atoms with E-state index in [0.717, 1.165) is 50.7 Å². The summed E-state index contributed by atoms with van der Waals surface area (Å²) >= 11 is 1.75. The highest BCUT2D eigenvalue weighted by Gasteiger charge is 2.30. The molecule has 0 N–H and O–H groups in total. The molecule has 7 nitrogen and oxygen atoms in total. The van der Waals surface area contributed by atoms with Gasteiger partial charge in [-0.1, -0.05) is 26.0 Å². The molecule has 0 aliphatic carbocycles. The van der Waals surface area contributed by atoms with E-state index in [4.69, 9.17) is 4.74 Å². The van der Waals surface area contributed by atoms with Crippen molar-refractivity contribution in [2.24, 2.45) is 5.92 Å². The lowest BCUT2D eigenvalue weighted by molar-refractivity contribution is 0.153. The molecule has 1 aromatic carbocycles. The van der Waals surface area contributed by atoms with Gasteiger partial charge in [0.05, 0.1) is 19.7 Å². The number of hydrogen-bond donors (Lipinski definition) is 0.